The van der Waals surface area contributed by atoms with E-state index >= 15 is 0 Å². The van der Waals surface area contributed by atoms with Gasteiger partial charge < -0.3 is 20.1 Å². The Hall–Kier alpha value is -1.47. The third kappa shape index (κ3) is 19.6. The lowest BCUT2D eigenvalue weighted by Gasteiger charge is -2.08. The van der Waals surface area contributed by atoms with Gasteiger partial charge in [0.2, 0.25) is 11.8 Å². The Morgan fingerprint density at radius 1 is 0.690 bits per heavy atom. The predicted molar refractivity (Wildman–Crippen MR) is 115 cm³/mol. The fourth-order valence-corrected chi connectivity index (χ4v) is 2.54. The predicted octanol–water partition coefficient (Wildman–Crippen LogP) is 2.86. The van der Waals surface area contributed by atoms with E-state index in [0.717, 1.165) is 19.3 Å². The Balaban J connectivity index is 3.35. The number of hydrogen-bond donors (Lipinski definition) is 2. The third-order valence-corrected chi connectivity index (χ3v) is 4.42. The van der Waals surface area contributed by atoms with Gasteiger partial charge in [0.15, 0.2) is 0 Å². The maximum atomic E-state index is 11.6. The molecule has 0 heterocycles. The molecule has 0 rings (SSSR count). The summed E-state index contributed by atoms with van der Waals surface area (Å²) >= 11 is 0. The van der Waals surface area contributed by atoms with Crippen molar-refractivity contribution in [2.45, 2.75) is 72.6 Å². The molecule has 2 N–H and O–H groups in total. The van der Waals surface area contributed by atoms with Gasteiger partial charge >= 0.3 is 0 Å². The van der Waals surface area contributed by atoms with E-state index in [1.807, 2.05) is 13.8 Å². The molecule has 0 aliphatic carbocycles. The molecule has 0 bridgehead atoms. The summed E-state index contributed by atoms with van der Waals surface area (Å²) in [6.45, 7) is 10.8. The first kappa shape index (κ1) is 27.5. The van der Waals surface area contributed by atoms with Crippen molar-refractivity contribution in [3.63, 3.8) is 0 Å². The van der Waals surface area contributed by atoms with Crippen molar-refractivity contribution >= 4 is 17.6 Å². The summed E-state index contributed by atoms with van der Waals surface area (Å²) < 4.78 is 10.8. The number of ether oxygens (including phenoxy) is 2. The van der Waals surface area contributed by atoms with Crippen LogP contribution in [0.5, 0.6) is 0 Å². The monoisotopic (exact) mass is 414 g/mol. The molecule has 0 aromatic heterocycles. The molecule has 0 saturated carbocycles. The quantitative estimate of drug-likeness (QED) is 0.317. The van der Waals surface area contributed by atoms with Crippen LogP contribution in [0.3, 0.4) is 0 Å². The van der Waals surface area contributed by atoms with Crippen molar-refractivity contribution in [3.05, 3.63) is 0 Å². The molecule has 0 spiro atoms. The number of ketones is 1. The van der Waals surface area contributed by atoms with Crippen LogP contribution < -0.4 is 10.6 Å². The molecule has 29 heavy (non-hydrogen) atoms. The van der Waals surface area contributed by atoms with Crippen LogP contribution in [0.25, 0.3) is 0 Å². The highest BCUT2D eigenvalue weighted by atomic mass is 16.5. The zero-order valence-corrected chi connectivity index (χ0v) is 18.9. The molecule has 0 aromatic carbocycles. The summed E-state index contributed by atoms with van der Waals surface area (Å²) in [6.07, 6.45) is 5.24. The van der Waals surface area contributed by atoms with Crippen LogP contribution in [-0.4, -0.2) is 57.1 Å². The third-order valence-electron chi connectivity index (χ3n) is 4.42. The largest absolute Gasteiger partial charge is 0.379 e. The van der Waals surface area contributed by atoms with Crippen molar-refractivity contribution in [1.29, 1.82) is 0 Å². The Labute approximate surface area is 176 Å². The normalized spacial score (nSPS) is 11.1. The van der Waals surface area contributed by atoms with Gasteiger partial charge in [0, 0.05) is 38.3 Å². The molecule has 0 unspecified atom stereocenters. The van der Waals surface area contributed by atoms with Crippen molar-refractivity contribution < 1.29 is 23.9 Å². The first-order valence-corrected chi connectivity index (χ1v) is 11.0. The summed E-state index contributed by atoms with van der Waals surface area (Å²) in [5.74, 6) is 0.975. The molecule has 7 nitrogen and oxygen atoms in total. The number of unbranched alkanes of at least 4 members (excludes halogenated alkanes) is 1. The van der Waals surface area contributed by atoms with Gasteiger partial charge in [-0.2, -0.15) is 0 Å². The molecular formula is C22H42N2O5. The summed E-state index contributed by atoms with van der Waals surface area (Å²) in [6, 6.07) is 0. The molecular weight excluding hydrogens is 372 g/mol. The number of rotatable bonds is 19. The van der Waals surface area contributed by atoms with Gasteiger partial charge in [-0.3, -0.25) is 14.4 Å². The SMILES string of the molecule is CC(C)CCCCC(=O)NCCOCCOCCC(=O)NCCCC(=O)C(C)C. The van der Waals surface area contributed by atoms with Crippen molar-refractivity contribution in [3.8, 4) is 0 Å². The lowest BCUT2D eigenvalue weighted by Crippen LogP contribution is -2.27. The zero-order valence-electron chi connectivity index (χ0n) is 18.9. The Kier molecular flexibility index (Phi) is 17.6. The molecule has 0 aliphatic rings. The standard InChI is InChI=1S/C22H42N2O5/c1-18(2)8-5-6-10-21(26)24-13-15-29-17-16-28-14-11-22(27)23-12-7-9-20(25)19(3)4/h18-19H,5-17H2,1-4H3,(H,23,27)(H,24,26). The van der Waals surface area contributed by atoms with Gasteiger partial charge in [-0.1, -0.05) is 40.5 Å². The number of nitrogens with one attached hydrogen (secondary N) is 2. The Morgan fingerprint density at radius 2 is 1.31 bits per heavy atom. The summed E-state index contributed by atoms with van der Waals surface area (Å²) in [4.78, 5) is 34.7. The van der Waals surface area contributed by atoms with E-state index in [9.17, 15) is 14.4 Å². The van der Waals surface area contributed by atoms with E-state index in [4.69, 9.17) is 9.47 Å². The van der Waals surface area contributed by atoms with Crippen molar-refractivity contribution in [1.82, 2.24) is 10.6 Å². The van der Waals surface area contributed by atoms with E-state index in [0.29, 0.717) is 71.1 Å². The first-order valence-electron chi connectivity index (χ1n) is 11.0. The summed E-state index contributed by atoms with van der Waals surface area (Å²) in [5, 5.41) is 5.63. The number of hydrogen-bond acceptors (Lipinski definition) is 5. The molecule has 0 radical (unpaired) electrons. The Bertz CT molecular complexity index is 452. The highest BCUT2D eigenvalue weighted by Crippen LogP contribution is 2.07. The van der Waals surface area contributed by atoms with Gasteiger partial charge in [-0.15, -0.1) is 0 Å². The second-order valence-corrected chi connectivity index (χ2v) is 8.04. The topological polar surface area (TPSA) is 93.7 Å². The van der Waals surface area contributed by atoms with Crippen LogP contribution in [0.4, 0.5) is 0 Å². The molecule has 0 aromatic rings. The molecule has 0 saturated heterocycles. The van der Waals surface area contributed by atoms with E-state index in [1.165, 1.54) is 0 Å². The van der Waals surface area contributed by atoms with Gasteiger partial charge in [0.05, 0.1) is 26.4 Å². The van der Waals surface area contributed by atoms with Crippen LogP contribution in [0.2, 0.25) is 0 Å². The highest BCUT2D eigenvalue weighted by molar-refractivity contribution is 5.80. The summed E-state index contributed by atoms with van der Waals surface area (Å²) in [7, 11) is 0. The van der Waals surface area contributed by atoms with E-state index < -0.39 is 0 Å². The minimum atomic E-state index is -0.0704. The van der Waals surface area contributed by atoms with Gasteiger partial charge in [-0.05, 0) is 18.8 Å². The lowest BCUT2D eigenvalue weighted by molar-refractivity contribution is -0.124. The molecule has 0 fully saturated rings. The van der Waals surface area contributed by atoms with Crippen LogP contribution in [0, 0.1) is 11.8 Å². The molecule has 0 atom stereocenters. The zero-order chi connectivity index (χ0) is 21.9. The van der Waals surface area contributed by atoms with Crippen molar-refractivity contribution in [2.75, 3.05) is 39.5 Å². The number of carbonyl (C=O) groups is 3. The molecule has 2 amide bonds. The average molecular weight is 415 g/mol. The van der Waals surface area contributed by atoms with Crippen LogP contribution in [0.15, 0.2) is 0 Å². The average Bonchev–Trinajstić information content (AvgIpc) is 2.66. The van der Waals surface area contributed by atoms with Crippen molar-refractivity contribution in [2.24, 2.45) is 11.8 Å². The second-order valence-electron chi connectivity index (χ2n) is 8.04. The van der Waals surface area contributed by atoms with Crippen LogP contribution >= 0.6 is 0 Å². The number of amides is 2. The van der Waals surface area contributed by atoms with E-state index in [-0.39, 0.29) is 23.5 Å². The van der Waals surface area contributed by atoms with Gasteiger partial charge in [0.1, 0.15) is 5.78 Å². The first-order chi connectivity index (χ1) is 13.8. The van der Waals surface area contributed by atoms with Crippen LogP contribution in [0.1, 0.15) is 72.6 Å². The second kappa shape index (κ2) is 18.6. The lowest BCUT2D eigenvalue weighted by atomic mass is 10.0. The molecule has 7 heteroatoms. The van der Waals surface area contributed by atoms with E-state index in [2.05, 4.69) is 24.5 Å². The smallest absolute Gasteiger partial charge is 0.222 e. The number of carbonyl (C=O) groups excluding carboxylic acids is 3. The van der Waals surface area contributed by atoms with Crippen LogP contribution in [-0.2, 0) is 23.9 Å². The molecule has 0 aliphatic heterocycles. The minimum Gasteiger partial charge on any atom is -0.379 e. The van der Waals surface area contributed by atoms with Gasteiger partial charge in [0.25, 0.3) is 0 Å². The maximum Gasteiger partial charge on any atom is 0.222 e. The summed E-state index contributed by atoms with van der Waals surface area (Å²) in [5.41, 5.74) is 0. The minimum absolute atomic E-state index is 0.0529. The molecule has 170 valence electrons. The highest BCUT2D eigenvalue weighted by Gasteiger charge is 2.07. The fraction of sp³-hybridized carbons (Fsp3) is 0.864. The van der Waals surface area contributed by atoms with E-state index in [1.54, 1.807) is 0 Å². The maximum absolute atomic E-state index is 11.6. The Morgan fingerprint density at radius 3 is 1.97 bits per heavy atom. The van der Waals surface area contributed by atoms with Gasteiger partial charge in [-0.25, -0.2) is 0 Å². The number of Topliss-reactive ketones (excluding diaryl/α,β-unsaturated/α-hetero) is 1. The fourth-order valence-electron chi connectivity index (χ4n) is 2.54.